The second-order valence-corrected chi connectivity index (χ2v) is 3.11. The maximum atomic E-state index is 13.4. The lowest BCUT2D eigenvalue weighted by atomic mass is 10.1. The Bertz CT molecular complexity index is 598. The zero-order valence-corrected chi connectivity index (χ0v) is 7.80. The van der Waals surface area contributed by atoms with Gasteiger partial charge >= 0.3 is 0 Å². The Morgan fingerprint density at radius 1 is 1.25 bits per heavy atom. The first-order valence-electron chi connectivity index (χ1n) is 4.24. The molecule has 1 aromatic carbocycles. The van der Waals surface area contributed by atoms with Crippen LogP contribution in [0.25, 0.3) is 10.8 Å². The van der Waals surface area contributed by atoms with Gasteiger partial charge in [0.1, 0.15) is 5.69 Å². The van der Waals surface area contributed by atoms with E-state index in [1.807, 2.05) is 0 Å². The molecule has 0 aliphatic rings. The number of hydrogen-bond donors (Lipinski definition) is 1. The van der Waals surface area contributed by atoms with Crippen molar-refractivity contribution in [1.82, 2.24) is 4.98 Å². The normalized spacial score (nSPS) is 10.7. The summed E-state index contributed by atoms with van der Waals surface area (Å²) in [7, 11) is 0. The molecule has 0 saturated heterocycles. The number of hydrogen-bond acceptors (Lipinski definition) is 2. The summed E-state index contributed by atoms with van der Waals surface area (Å²) >= 11 is 0. The number of amides is 1. The molecule has 2 N–H and O–H groups in total. The highest BCUT2D eigenvalue weighted by atomic mass is 19.2. The van der Waals surface area contributed by atoms with Crippen LogP contribution in [0.4, 0.5) is 13.2 Å². The van der Waals surface area contributed by atoms with Crippen LogP contribution >= 0.6 is 0 Å². The summed E-state index contributed by atoms with van der Waals surface area (Å²) in [6.07, 6.45) is 1.17. The molecule has 2 rings (SSSR count). The highest BCUT2D eigenvalue weighted by molar-refractivity contribution is 6.04. The van der Waals surface area contributed by atoms with Crippen molar-refractivity contribution in [3.8, 4) is 0 Å². The van der Waals surface area contributed by atoms with Crippen molar-refractivity contribution in [2.24, 2.45) is 5.73 Å². The second kappa shape index (κ2) is 3.48. The smallest absolute Gasteiger partial charge is 0.268 e. The minimum Gasteiger partial charge on any atom is -0.364 e. The van der Waals surface area contributed by atoms with Gasteiger partial charge in [-0.1, -0.05) is 0 Å². The van der Waals surface area contributed by atoms with Crippen molar-refractivity contribution in [2.45, 2.75) is 0 Å². The maximum absolute atomic E-state index is 13.4. The molecule has 1 amide bonds. The fourth-order valence-electron chi connectivity index (χ4n) is 1.43. The zero-order valence-electron chi connectivity index (χ0n) is 7.80. The van der Waals surface area contributed by atoms with Gasteiger partial charge in [0, 0.05) is 6.20 Å². The zero-order chi connectivity index (χ0) is 11.9. The van der Waals surface area contributed by atoms with Gasteiger partial charge < -0.3 is 5.73 Å². The third-order valence-corrected chi connectivity index (χ3v) is 2.12. The monoisotopic (exact) mass is 226 g/mol. The molecule has 82 valence electrons. The van der Waals surface area contributed by atoms with Crippen molar-refractivity contribution in [3.05, 3.63) is 41.5 Å². The number of rotatable bonds is 1. The lowest BCUT2D eigenvalue weighted by Gasteiger charge is -2.04. The van der Waals surface area contributed by atoms with E-state index in [-0.39, 0.29) is 5.39 Å². The van der Waals surface area contributed by atoms with E-state index in [0.717, 1.165) is 6.07 Å². The third kappa shape index (κ3) is 1.39. The number of pyridine rings is 1. The predicted molar refractivity (Wildman–Crippen MR) is 50.1 cm³/mol. The van der Waals surface area contributed by atoms with Gasteiger partial charge in [-0.2, -0.15) is 0 Å². The van der Waals surface area contributed by atoms with Gasteiger partial charge in [0.25, 0.3) is 5.91 Å². The van der Waals surface area contributed by atoms with Gasteiger partial charge in [0.05, 0.1) is 5.39 Å². The maximum Gasteiger partial charge on any atom is 0.268 e. The van der Waals surface area contributed by atoms with Gasteiger partial charge in [-0.25, -0.2) is 13.2 Å². The van der Waals surface area contributed by atoms with Crippen LogP contribution < -0.4 is 5.73 Å². The summed E-state index contributed by atoms with van der Waals surface area (Å²) in [4.78, 5) is 14.5. The number of fused-ring (bicyclic) bond motifs is 1. The van der Waals surface area contributed by atoms with Gasteiger partial charge in [-0.15, -0.1) is 0 Å². The Labute approximate surface area is 87.7 Å². The minimum absolute atomic E-state index is 0.0280. The Balaban J connectivity index is 2.97. The SMILES string of the molecule is NC(=O)c1nccc2cc(F)c(F)c(F)c12. The van der Waals surface area contributed by atoms with E-state index < -0.39 is 34.4 Å². The summed E-state index contributed by atoms with van der Waals surface area (Å²) in [6, 6.07) is 2.04. The molecule has 0 bridgehead atoms. The molecule has 0 spiro atoms. The van der Waals surface area contributed by atoms with Crippen LogP contribution in [-0.2, 0) is 0 Å². The summed E-state index contributed by atoms with van der Waals surface area (Å²) in [5.74, 6) is -5.44. The molecule has 16 heavy (non-hydrogen) atoms. The minimum atomic E-state index is -1.65. The molecule has 3 nitrogen and oxygen atoms in total. The number of halogens is 3. The lowest BCUT2D eigenvalue weighted by molar-refractivity contribution is 0.0997. The summed E-state index contributed by atoms with van der Waals surface area (Å²) in [6.45, 7) is 0. The quantitative estimate of drug-likeness (QED) is 0.753. The van der Waals surface area contributed by atoms with Gasteiger partial charge in [0.2, 0.25) is 0 Å². The number of aromatic nitrogens is 1. The van der Waals surface area contributed by atoms with Crippen LogP contribution in [-0.4, -0.2) is 10.9 Å². The predicted octanol–water partition coefficient (Wildman–Crippen LogP) is 1.75. The molecule has 0 atom stereocenters. The molecule has 0 aliphatic carbocycles. The number of primary amides is 1. The molecule has 1 aromatic heterocycles. The molecule has 0 radical (unpaired) electrons. The van der Waals surface area contributed by atoms with Crippen LogP contribution in [0.3, 0.4) is 0 Å². The van der Waals surface area contributed by atoms with E-state index in [1.54, 1.807) is 0 Å². The van der Waals surface area contributed by atoms with E-state index in [0.29, 0.717) is 0 Å². The van der Waals surface area contributed by atoms with Crippen LogP contribution in [0.2, 0.25) is 0 Å². The summed E-state index contributed by atoms with van der Waals surface area (Å²) in [5, 5.41) is -0.380. The van der Waals surface area contributed by atoms with Gasteiger partial charge in [-0.05, 0) is 17.5 Å². The largest absolute Gasteiger partial charge is 0.364 e. The lowest BCUT2D eigenvalue weighted by Crippen LogP contribution is -2.14. The van der Waals surface area contributed by atoms with Gasteiger partial charge in [-0.3, -0.25) is 9.78 Å². The van der Waals surface area contributed by atoms with E-state index in [1.165, 1.54) is 12.3 Å². The molecule has 0 saturated carbocycles. The van der Waals surface area contributed by atoms with Crippen molar-refractivity contribution in [3.63, 3.8) is 0 Å². The Kier molecular flexibility index (Phi) is 2.26. The van der Waals surface area contributed by atoms with E-state index >= 15 is 0 Å². The molecular weight excluding hydrogens is 221 g/mol. The Hall–Kier alpha value is -2.11. The number of benzene rings is 1. The Morgan fingerprint density at radius 2 is 1.94 bits per heavy atom. The molecule has 2 aromatic rings. The number of carbonyl (C=O) groups excluding carboxylic acids is 1. The molecule has 0 fully saturated rings. The first-order chi connectivity index (χ1) is 7.52. The number of carbonyl (C=O) groups is 1. The Morgan fingerprint density at radius 3 is 2.56 bits per heavy atom. The van der Waals surface area contributed by atoms with Crippen molar-refractivity contribution >= 4 is 16.7 Å². The number of nitrogens with zero attached hydrogens (tertiary/aromatic N) is 1. The van der Waals surface area contributed by atoms with Crippen LogP contribution in [0.1, 0.15) is 10.5 Å². The first kappa shape index (κ1) is 10.4. The molecule has 1 heterocycles. The fourth-order valence-corrected chi connectivity index (χ4v) is 1.43. The fraction of sp³-hybridized carbons (Fsp3) is 0. The van der Waals surface area contributed by atoms with Crippen LogP contribution in [0.5, 0.6) is 0 Å². The van der Waals surface area contributed by atoms with Crippen molar-refractivity contribution in [2.75, 3.05) is 0 Å². The third-order valence-electron chi connectivity index (χ3n) is 2.12. The van der Waals surface area contributed by atoms with E-state index in [2.05, 4.69) is 4.98 Å². The van der Waals surface area contributed by atoms with Crippen molar-refractivity contribution in [1.29, 1.82) is 0 Å². The summed E-state index contributed by atoms with van der Waals surface area (Å²) < 4.78 is 39.3. The van der Waals surface area contributed by atoms with E-state index in [4.69, 9.17) is 5.73 Å². The molecule has 6 heteroatoms. The summed E-state index contributed by atoms with van der Waals surface area (Å²) in [5.41, 5.74) is 4.53. The number of nitrogens with two attached hydrogens (primary N) is 1. The average Bonchev–Trinajstić information content (AvgIpc) is 2.25. The standard InChI is InChI=1S/C10H5F3N2O/c11-5-3-4-1-2-15-9(10(14)16)6(4)8(13)7(5)12/h1-3H,(H2,14,16). The van der Waals surface area contributed by atoms with E-state index in [9.17, 15) is 18.0 Å². The van der Waals surface area contributed by atoms with Crippen LogP contribution in [0, 0.1) is 17.5 Å². The molecule has 0 aliphatic heterocycles. The van der Waals surface area contributed by atoms with Crippen LogP contribution in [0.15, 0.2) is 18.3 Å². The average molecular weight is 226 g/mol. The highest BCUT2D eigenvalue weighted by Gasteiger charge is 2.18. The highest BCUT2D eigenvalue weighted by Crippen LogP contribution is 2.24. The van der Waals surface area contributed by atoms with Crippen molar-refractivity contribution < 1.29 is 18.0 Å². The first-order valence-corrected chi connectivity index (χ1v) is 4.24. The molecule has 0 unspecified atom stereocenters. The second-order valence-electron chi connectivity index (χ2n) is 3.11. The topological polar surface area (TPSA) is 56.0 Å². The van der Waals surface area contributed by atoms with Gasteiger partial charge in [0.15, 0.2) is 17.5 Å². The molecular formula is C10H5F3N2O.